The highest BCUT2D eigenvalue weighted by molar-refractivity contribution is 8.18. The number of carbonyl (C=O) groups is 2. The number of hydrogen-bond acceptors (Lipinski definition) is 8. The molecule has 1 N–H and O–H groups in total. The Kier molecular flexibility index (Phi) is 7.34. The van der Waals surface area contributed by atoms with Crippen molar-refractivity contribution in [3.63, 3.8) is 0 Å². The molecule has 0 bridgehead atoms. The molecule has 2 aromatic rings. The number of aliphatic imine (C=N–C) groups is 1. The van der Waals surface area contributed by atoms with E-state index in [0.29, 0.717) is 39.7 Å². The van der Waals surface area contributed by atoms with E-state index in [4.69, 9.17) is 9.47 Å². The quantitative estimate of drug-likeness (QED) is 0.584. The smallest absolute Gasteiger partial charge is 0.344 e. The second-order valence-corrected chi connectivity index (χ2v) is 8.48. The van der Waals surface area contributed by atoms with Gasteiger partial charge in [-0.1, -0.05) is 13.0 Å². The Labute approximate surface area is 188 Å². The number of carboxylic acids is 1. The number of likely N-dealkylation sites (N-methyl/N-ethyl adjacent to an activating group) is 1. The first-order valence-corrected chi connectivity index (χ1v) is 11.4. The minimum Gasteiger partial charge on any atom is -0.490 e. The number of aromatic nitrogens is 1. The van der Waals surface area contributed by atoms with E-state index in [0.717, 1.165) is 11.3 Å². The van der Waals surface area contributed by atoms with Crippen LogP contribution in [0.2, 0.25) is 0 Å². The summed E-state index contributed by atoms with van der Waals surface area (Å²) in [6, 6.07) is 5.14. The molecule has 1 aliphatic rings. The molecule has 1 atom stereocenters. The number of carbonyl (C=O) groups excluding carboxylic acids is 1. The third kappa shape index (κ3) is 5.45. The number of amides is 1. The van der Waals surface area contributed by atoms with Gasteiger partial charge in [-0.05, 0) is 55.8 Å². The van der Waals surface area contributed by atoms with Crippen LogP contribution in [0.1, 0.15) is 31.5 Å². The molecular weight excluding hydrogens is 438 g/mol. The van der Waals surface area contributed by atoms with Crippen LogP contribution in [0.5, 0.6) is 11.5 Å². The van der Waals surface area contributed by atoms with E-state index < -0.39 is 12.1 Å². The van der Waals surface area contributed by atoms with Crippen molar-refractivity contribution in [1.29, 1.82) is 0 Å². The molecular formula is C21H23N3O5S2. The fraction of sp³-hybridized carbons (Fsp3) is 0.333. The lowest BCUT2D eigenvalue weighted by Gasteiger charge is -2.17. The number of aryl methyl sites for hydroxylation is 1. The Bertz CT molecular complexity index is 1050. The van der Waals surface area contributed by atoms with Crippen molar-refractivity contribution < 1.29 is 24.2 Å². The molecule has 0 aliphatic carbocycles. The Morgan fingerprint density at radius 1 is 1.35 bits per heavy atom. The summed E-state index contributed by atoms with van der Waals surface area (Å²) in [5.41, 5.74) is 1.62. The number of thioether (sulfide) groups is 1. The summed E-state index contributed by atoms with van der Waals surface area (Å²) < 4.78 is 11.2. The van der Waals surface area contributed by atoms with Crippen LogP contribution in [-0.2, 0) is 9.59 Å². The van der Waals surface area contributed by atoms with Crippen molar-refractivity contribution in [1.82, 2.24) is 9.88 Å². The van der Waals surface area contributed by atoms with Gasteiger partial charge in [0.2, 0.25) is 5.13 Å². The van der Waals surface area contributed by atoms with E-state index in [-0.39, 0.29) is 5.91 Å². The third-order valence-corrected chi connectivity index (χ3v) is 6.20. The van der Waals surface area contributed by atoms with Crippen molar-refractivity contribution in [3.05, 3.63) is 39.7 Å². The molecule has 8 nitrogen and oxygen atoms in total. The van der Waals surface area contributed by atoms with Crippen molar-refractivity contribution in [3.8, 4) is 11.5 Å². The second-order valence-electron chi connectivity index (χ2n) is 6.63. The zero-order valence-electron chi connectivity index (χ0n) is 17.6. The van der Waals surface area contributed by atoms with Gasteiger partial charge in [-0.3, -0.25) is 9.69 Å². The van der Waals surface area contributed by atoms with Crippen molar-refractivity contribution in [2.45, 2.75) is 33.3 Å². The number of amidine groups is 1. The predicted molar refractivity (Wildman–Crippen MR) is 122 cm³/mol. The summed E-state index contributed by atoms with van der Waals surface area (Å²) in [6.45, 7) is 5.85. The van der Waals surface area contributed by atoms with Crippen LogP contribution in [0.25, 0.3) is 6.08 Å². The topological polar surface area (TPSA) is 101 Å². The van der Waals surface area contributed by atoms with E-state index in [9.17, 15) is 14.7 Å². The summed E-state index contributed by atoms with van der Waals surface area (Å²) in [5, 5.41) is 12.3. The van der Waals surface area contributed by atoms with Gasteiger partial charge in [0.05, 0.1) is 17.2 Å². The Morgan fingerprint density at radius 3 is 2.74 bits per heavy atom. The van der Waals surface area contributed by atoms with E-state index in [1.165, 1.54) is 28.0 Å². The standard InChI is InChI=1S/C21H23N3O5S2/c1-5-14(19(26)27)29-15-8-7-13(9-16(15)28-6-2)10-17-18(25)24(4)21(31-17)23-20-22-12(3)11-30-20/h7-11,14H,5-6H2,1-4H3,(H,26,27)/b17-10+,23-21+. The number of benzene rings is 1. The summed E-state index contributed by atoms with van der Waals surface area (Å²) in [6.07, 6.45) is 1.11. The lowest BCUT2D eigenvalue weighted by atomic mass is 10.1. The monoisotopic (exact) mass is 461 g/mol. The van der Waals surface area contributed by atoms with Gasteiger partial charge in [-0.25, -0.2) is 9.78 Å². The fourth-order valence-corrected chi connectivity index (χ4v) is 4.41. The average molecular weight is 462 g/mol. The first-order chi connectivity index (χ1) is 14.8. The van der Waals surface area contributed by atoms with Gasteiger partial charge >= 0.3 is 5.97 Å². The molecule has 1 unspecified atom stereocenters. The minimum absolute atomic E-state index is 0.160. The molecule has 1 amide bonds. The molecule has 1 aromatic carbocycles. The van der Waals surface area contributed by atoms with Crippen LogP contribution < -0.4 is 9.47 Å². The number of carboxylic acid groups (broad SMARTS) is 1. The van der Waals surface area contributed by atoms with Gasteiger partial charge in [0.15, 0.2) is 22.8 Å². The molecule has 1 fully saturated rings. The molecule has 164 valence electrons. The first kappa shape index (κ1) is 22.8. The van der Waals surface area contributed by atoms with Crippen molar-refractivity contribution >= 4 is 51.4 Å². The van der Waals surface area contributed by atoms with Gasteiger partial charge in [0, 0.05) is 12.4 Å². The number of nitrogens with zero attached hydrogens (tertiary/aromatic N) is 3. The molecule has 1 aliphatic heterocycles. The zero-order valence-corrected chi connectivity index (χ0v) is 19.2. The Hall–Kier alpha value is -2.85. The maximum Gasteiger partial charge on any atom is 0.344 e. The molecule has 3 rings (SSSR count). The highest BCUT2D eigenvalue weighted by atomic mass is 32.2. The number of ether oxygens (including phenoxy) is 2. The Morgan fingerprint density at radius 2 is 2.13 bits per heavy atom. The van der Waals surface area contributed by atoms with Crippen LogP contribution in [0, 0.1) is 6.92 Å². The van der Waals surface area contributed by atoms with E-state index in [2.05, 4.69) is 9.98 Å². The van der Waals surface area contributed by atoms with Crippen LogP contribution in [0.4, 0.5) is 5.13 Å². The zero-order chi connectivity index (χ0) is 22.5. The maximum atomic E-state index is 12.7. The van der Waals surface area contributed by atoms with Gasteiger partial charge < -0.3 is 14.6 Å². The van der Waals surface area contributed by atoms with Crippen LogP contribution in [0.15, 0.2) is 33.5 Å². The van der Waals surface area contributed by atoms with Gasteiger partial charge in [0.25, 0.3) is 5.91 Å². The maximum absolute atomic E-state index is 12.7. The minimum atomic E-state index is -1.03. The molecule has 2 heterocycles. The van der Waals surface area contributed by atoms with Crippen LogP contribution in [0.3, 0.4) is 0 Å². The average Bonchev–Trinajstić information content (AvgIpc) is 3.25. The molecule has 0 spiro atoms. The SMILES string of the molecule is CCOc1cc(/C=C2/S/C(=N/c3nc(C)cs3)N(C)C2=O)ccc1OC(CC)C(=O)O. The summed E-state index contributed by atoms with van der Waals surface area (Å²) in [7, 11) is 1.68. The van der Waals surface area contributed by atoms with Crippen molar-refractivity contribution in [2.75, 3.05) is 13.7 Å². The summed E-state index contributed by atoms with van der Waals surface area (Å²) in [5.74, 6) is -0.420. The summed E-state index contributed by atoms with van der Waals surface area (Å²) >= 11 is 2.69. The molecule has 0 saturated carbocycles. The third-order valence-electron chi connectivity index (χ3n) is 4.28. The van der Waals surface area contributed by atoms with Crippen LogP contribution >= 0.6 is 23.1 Å². The lowest BCUT2D eigenvalue weighted by Crippen LogP contribution is -2.26. The molecule has 31 heavy (non-hydrogen) atoms. The number of hydrogen-bond donors (Lipinski definition) is 1. The van der Waals surface area contributed by atoms with E-state index in [1.807, 2.05) is 19.2 Å². The van der Waals surface area contributed by atoms with E-state index >= 15 is 0 Å². The molecule has 1 aromatic heterocycles. The van der Waals surface area contributed by atoms with Crippen LogP contribution in [-0.4, -0.2) is 51.8 Å². The molecule has 0 radical (unpaired) electrons. The predicted octanol–water partition coefficient (Wildman–Crippen LogP) is 4.33. The molecule has 1 saturated heterocycles. The number of thiazole rings is 1. The largest absolute Gasteiger partial charge is 0.490 e. The normalized spacial score (nSPS) is 17.4. The number of aliphatic carboxylic acids is 1. The second kappa shape index (κ2) is 9.97. The summed E-state index contributed by atoms with van der Waals surface area (Å²) in [4.78, 5) is 34.8. The number of rotatable bonds is 8. The van der Waals surface area contributed by atoms with Gasteiger partial charge in [-0.15, -0.1) is 11.3 Å². The molecule has 10 heteroatoms. The first-order valence-electron chi connectivity index (χ1n) is 9.67. The highest BCUT2D eigenvalue weighted by Gasteiger charge is 2.30. The fourth-order valence-electron chi connectivity index (χ4n) is 2.72. The van der Waals surface area contributed by atoms with Gasteiger partial charge in [-0.2, -0.15) is 4.99 Å². The van der Waals surface area contributed by atoms with Gasteiger partial charge in [0.1, 0.15) is 0 Å². The Balaban J connectivity index is 1.86. The lowest BCUT2D eigenvalue weighted by molar-refractivity contribution is -0.145. The van der Waals surface area contributed by atoms with Crippen molar-refractivity contribution in [2.24, 2.45) is 4.99 Å². The highest BCUT2D eigenvalue weighted by Crippen LogP contribution is 2.36. The van der Waals surface area contributed by atoms with E-state index in [1.54, 1.807) is 38.2 Å².